The molecule has 4 heteroatoms. The molecule has 0 spiro atoms. The maximum absolute atomic E-state index is 12.1. The number of rotatable bonds is 3. The molecular formula is C13H16N2O2. The Bertz CT molecular complexity index is 438. The number of nitriles is 1. The van der Waals surface area contributed by atoms with Crippen LogP contribution in [0.2, 0.25) is 0 Å². The molecule has 1 saturated carbocycles. The maximum atomic E-state index is 12.1. The summed E-state index contributed by atoms with van der Waals surface area (Å²) in [5.74, 6) is 0.986. The van der Waals surface area contributed by atoms with Gasteiger partial charge in [0.2, 0.25) is 5.91 Å². The largest absolute Gasteiger partial charge is 0.467 e. The maximum Gasteiger partial charge on any atom is 0.241 e. The molecule has 1 aliphatic rings. The van der Waals surface area contributed by atoms with Crippen LogP contribution in [0.1, 0.15) is 38.5 Å². The minimum atomic E-state index is -0.819. The van der Waals surface area contributed by atoms with Gasteiger partial charge >= 0.3 is 0 Å². The van der Waals surface area contributed by atoms with Crippen LogP contribution < -0.4 is 5.32 Å². The van der Waals surface area contributed by atoms with E-state index in [0.29, 0.717) is 24.5 Å². The summed E-state index contributed by atoms with van der Waals surface area (Å²) >= 11 is 0. The zero-order valence-electron chi connectivity index (χ0n) is 10.1. The van der Waals surface area contributed by atoms with Gasteiger partial charge in [-0.05, 0) is 37.8 Å². The van der Waals surface area contributed by atoms with E-state index in [4.69, 9.17) is 9.68 Å². The Morgan fingerprint density at radius 1 is 1.71 bits per heavy atom. The second kappa shape index (κ2) is 4.25. The predicted octanol–water partition coefficient (Wildman–Crippen LogP) is 2.40. The third kappa shape index (κ3) is 2.05. The van der Waals surface area contributed by atoms with Crippen molar-refractivity contribution >= 4 is 5.91 Å². The second-order valence-electron chi connectivity index (χ2n) is 4.92. The first-order chi connectivity index (χ1) is 8.07. The van der Waals surface area contributed by atoms with Gasteiger partial charge in [0.15, 0.2) is 0 Å². The van der Waals surface area contributed by atoms with Crippen molar-refractivity contribution in [3.63, 3.8) is 0 Å². The molecule has 1 aromatic heterocycles. The van der Waals surface area contributed by atoms with Crippen LogP contribution in [0.3, 0.4) is 0 Å². The third-order valence-electron chi connectivity index (χ3n) is 3.36. The van der Waals surface area contributed by atoms with Gasteiger partial charge in [-0.15, -0.1) is 0 Å². The Kier molecular flexibility index (Phi) is 2.93. The average molecular weight is 232 g/mol. The van der Waals surface area contributed by atoms with E-state index < -0.39 is 5.41 Å². The Morgan fingerprint density at radius 2 is 2.41 bits per heavy atom. The van der Waals surface area contributed by atoms with Crippen molar-refractivity contribution in [2.24, 2.45) is 11.3 Å². The van der Waals surface area contributed by atoms with Crippen LogP contribution >= 0.6 is 0 Å². The number of carbonyl (C=O) groups is 1. The molecule has 1 aliphatic carbocycles. The molecule has 1 heterocycles. The van der Waals surface area contributed by atoms with E-state index in [2.05, 4.69) is 18.3 Å². The molecule has 1 aromatic rings. The van der Waals surface area contributed by atoms with Crippen molar-refractivity contribution in [1.29, 1.82) is 5.26 Å². The first-order valence-corrected chi connectivity index (χ1v) is 5.83. The van der Waals surface area contributed by atoms with Gasteiger partial charge in [0, 0.05) is 0 Å². The lowest BCUT2D eigenvalue weighted by Crippen LogP contribution is -2.48. The second-order valence-corrected chi connectivity index (χ2v) is 4.92. The molecule has 1 atom stereocenters. The van der Waals surface area contributed by atoms with E-state index in [0.717, 1.165) is 0 Å². The highest BCUT2D eigenvalue weighted by atomic mass is 16.3. The SMILES string of the molecule is CC1CC(C#N)(C(=O)NC(C)c2ccco2)C1. The molecule has 0 aliphatic heterocycles. The summed E-state index contributed by atoms with van der Waals surface area (Å²) in [7, 11) is 0. The fourth-order valence-corrected chi connectivity index (χ4v) is 2.40. The molecule has 1 N–H and O–H groups in total. The van der Waals surface area contributed by atoms with Gasteiger partial charge in [0.25, 0.3) is 0 Å². The topological polar surface area (TPSA) is 66.0 Å². The number of hydrogen-bond acceptors (Lipinski definition) is 3. The van der Waals surface area contributed by atoms with Crippen molar-refractivity contribution < 1.29 is 9.21 Å². The van der Waals surface area contributed by atoms with Crippen LogP contribution in [-0.4, -0.2) is 5.91 Å². The number of nitrogens with zero attached hydrogens (tertiary/aromatic N) is 1. The molecule has 1 unspecified atom stereocenters. The molecule has 1 amide bonds. The van der Waals surface area contributed by atoms with Crippen LogP contribution in [0.15, 0.2) is 22.8 Å². The summed E-state index contributed by atoms with van der Waals surface area (Å²) in [6, 6.07) is 5.55. The van der Waals surface area contributed by atoms with E-state index in [-0.39, 0.29) is 11.9 Å². The number of hydrogen-bond donors (Lipinski definition) is 1. The fraction of sp³-hybridized carbons (Fsp3) is 0.538. The summed E-state index contributed by atoms with van der Waals surface area (Å²) in [5.41, 5.74) is -0.819. The Labute approximate surface area is 101 Å². The van der Waals surface area contributed by atoms with Gasteiger partial charge in [-0.3, -0.25) is 4.79 Å². The van der Waals surface area contributed by atoms with E-state index in [1.807, 2.05) is 13.0 Å². The number of nitrogens with one attached hydrogen (secondary N) is 1. The zero-order chi connectivity index (χ0) is 12.5. The fourth-order valence-electron chi connectivity index (χ4n) is 2.40. The van der Waals surface area contributed by atoms with Crippen molar-refractivity contribution in [3.05, 3.63) is 24.2 Å². The number of carbonyl (C=O) groups excluding carboxylic acids is 1. The zero-order valence-corrected chi connectivity index (χ0v) is 10.1. The quantitative estimate of drug-likeness (QED) is 0.870. The smallest absolute Gasteiger partial charge is 0.241 e. The first kappa shape index (κ1) is 11.7. The molecule has 0 radical (unpaired) electrons. The van der Waals surface area contributed by atoms with E-state index >= 15 is 0 Å². The van der Waals surface area contributed by atoms with Crippen LogP contribution in [0.4, 0.5) is 0 Å². The summed E-state index contributed by atoms with van der Waals surface area (Å²) in [6.45, 7) is 3.91. The Morgan fingerprint density at radius 3 is 2.88 bits per heavy atom. The van der Waals surface area contributed by atoms with Gasteiger partial charge in [-0.2, -0.15) is 5.26 Å². The van der Waals surface area contributed by atoms with Crippen molar-refractivity contribution in [3.8, 4) is 6.07 Å². The minimum Gasteiger partial charge on any atom is -0.467 e. The van der Waals surface area contributed by atoms with Crippen LogP contribution in [0.5, 0.6) is 0 Å². The molecule has 0 bridgehead atoms. The molecule has 17 heavy (non-hydrogen) atoms. The van der Waals surface area contributed by atoms with Crippen LogP contribution in [0, 0.1) is 22.7 Å². The van der Waals surface area contributed by atoms with Gasteiger partial charge in [-0.1, -0.05) is 6.92 Å². The summed E-state index contributed by atoms with van der Waals surface area (Å²) < 4.78 is 5.22. The van der Waals surface area contributed by atoms with Crippen LogP contribution in [0.25, 0.3) is 0 Å². The third-order valence-corrected chi connectivity index (χ3v) is 3.36. The lowest BCUT2D eigenvalue weighted by Gasteiger charge is -2.39. The number of furan rings is 1. The molecule has 4 nitrogen and oxygen atoms in total. The highest BCUT2D eigenvalue weighted by Gasteiger charge is 2.49. The monoisotopic (exact) mass is 232 g/mol. The van der Waals surface area contributed by atoms with Crippen LogP contribution in [-0.2, 0) is 4.79 Å². The summed E-state index contributed by atoms with van der Waals surface area (Å²) in [6.07, 6.45) is 2.88. The lowest BCUT2D eigenvalue weighted by atomic mass is 9.63. The Hall–Kier alpha value is -1.76. The minimum absolute atomic E-state index is 0.179. The van der Waals surface area contributed by atoms with Gasteiger partial charge in [0.1, 0.15) is 11.2 Å². The van der Waals surface area contributed by atoms with E-state index in [1.54, 1.807) is 12.3 Å². The molecule has 0 saturated heterocycles. The van der Waals surface area contributed by atoms with Gasteiger partial charge in [0.05, 0.1) is 18.4 Å². The van der Waals surface area contributed by atoms with Crippen molar-refractivity contribution in [2.75, 3.05) is 0 Å². The van der Waals surface area contributed by atoms with Crippen molar-refractivity contribution in [2.45, 2.75) is 32.7 Å². The van der Waals surface area contributed by atoms with Gasteiger partial charge in [-0.25, -0.2) is 0 Å². The lowest BCUT2D eigenvalue weighted by molar-refractivity contribution is -0.134. The van der Waals surface area contributed by atoms with Gasteiger partial charge < -0.3 is 9.73 Å². The van der Waals surface area contributed by atoms with Crippen molar-refractivity contribution in [1.82, 2.24) is 5.32 Å². The summed E-state index contributed by atoms with van der Waals surface area (Å²) in [4.78, 5) is 12.1. The van der Waals surface area contributed by atoms with E-state index in [9.17, 15) is 4.79 Å². The highest BCUT2D eigenvalue weighted by molar-refractivity contribution is 5.86. The van der Waals surface area contributed by atoms with E-state index in [1.165, 1.54) is 0 Å². The normalized spacial score (nSPS) is 28.9. The molecule has 90 valence electrons. The predicted molar refractivity (Wildman–Crippen MR) is 61.7 cm³/mol. The molecule has 0 aromatic carbocycles. The molecule has 1 fully saturated rings. The molecule has 2 rings (SSSR count). The molecular weight excluding hydrogens is 216 g/mol. The average Bonchev–Trinajstić information content (AvgIpc) is 2.77. The first-order valence-electron chi connectivity index (χ1n) is 5.83. The standard InChI is InChI=1S/C13H16N2O2/c1-9-6-13(7-9,8-14)12(16)15-10(2)11-4-3-5-17-11/h3-5,9-10H,6-7H2,1-2H3,(H,15,16). The highest BCUT2D eigenvalue weighted by Crippen LogP contribution is 2.45. The Balaban J connectivity index is 2.00. The number of amides is 1. The summed E-state index contributed by atoms with van der Waals surface area (Å²) in [5, 5.41) is 12.0.